The van der Waals surface area contributed by atoms with Gasteiger partial charge in [-0.05, 0) is 60.9 Å². The van der Waals surface area contributed by atoms with Gasteiger partial charge in [-0.1, -0.05) is 37.6 Å². The van der Waals surface area contributed by atoms with Gasteiger partial charge in [-0.25, -0.2) is 8.78 Å². The lowest BCUT2D eigenvalue weighted by Crippen LogP contribution is -2.57. The fourth-order valence-corrected chi connectivity index (χ4v) is 5.72. The molecule has 3 amide bonds. The molecule has 0 aromatic heterocycles. The Morgan fingerprint density at radius 3 is 2.32 bits per heavy atom. The van der Waals surface area contributed by atoms with Gasteiger partial charge in [0.2, 0.25) is 11.8 Å². The molecule has 0 saturated carbocycles. The molecule has 2 saturated heterocycles. The predicted octanol–water partition coefficient (Wildman–Crippen LogP) is 4.28. The lowest BCUT2D eigenvalue weighted by atomic mass is 9.62. The van der Waals surface area contributed by atoms with E-state index in [1.54, 1.807) is 42.0 Å². The smallest absolute Gasteiger partial charge is 0.254 e. The maximum atomic E-state index is 14.3. The zero-order valence-electron chi connectivity index (χ0n) is 21.9. The summed E-state index contributed by atoms with van der Waals surface area (Å²) in [7, 11) is 1.79. The zero-order chi connectivity index (χ0) is 26.9. The molecule has 2 heterocycles. The summed E-state index contributed by atoms with van der Waals surface area (Å²) in [6.45, 7) is 6.92. The molecule has 2 atom stereocenters. The number of halogens is 2. The highest BCUT2D eigenvalue weighted by molar-refractivity contribution is 5.98. The van der Waals surface area contributed by atoms with Crippen molar-refractivity contribution in [3.05, 3.63) is 70.8 Å². The number of amides is 3. The first-order chi connectivity index (χ1) is 17.5. The Kier molecular flexibility index (Phi) is 7.67. The number of nitrogens with zero attached hydrogens (tertiary/aromatic N) is 2. The maximum absolute atomic E-state index is 14.3. The summed E-state index contributed by atoms with van der Waals surface area (Å²) >= 11 is 0. The fraction of sp³-hybridized carbons (Fsp3) is 0.483. The second kappa shape index (κ2) is 10.6. The van der Waals surface area contributed by atoms with E-state index in [0.29, 0.717) is 38.9 Å². The predicted molar refractivity (Wildman–Crippen MR) is 137 cm³/mol. The zero-order valence-corrected chi connectivity index (χ0v) is 21.9. The Balaban J connectivity index is 1.50. The molecule has 1 spiro atoms. The van der Waals surface area contributed by atoms with Gasteiger partial charge < -0.3 is 15.1 Å². The molecule has 2 fully saturated rings. The molecule has 37 heavy (non-hydrogen) atoms. The largest absolute Gasteiger partial charge is 0.345 e. The van der Waals surface area contributed by atoms with E-state index in [1.165, 1.54) is 24.3 Å². The molecule has 0 bridgehead atoms. The number of hydrogen-bond acceptors (Lipinski definition) is 3. The summed E-state index contributed by atoms with van der Waals surface area (Å²) in [6, 6.07) is 10.00. The number of rotatable bonds is 5. The fourth-order valence-electron chi connectivity index (χ4n) is 5.72. The van der Waals surface area contributed by atoms with Crippen molar-refractivity contribution in [1.82, 2.24) is 15.1 Å². The van der Waals surface area contributed by atoms with Crippen LogP contribution in [0.15, 0.2) is 42.5 Å². The van der Waals surface area contributed by atoms with Crippen LogP contribution < -0.4 is 5.32 Å². The molecule has 0 radical (unpaired) electrons. The van der Waals surface area contributed by atoms with Crippen molar-refractivity contribution in [1.29, 1.82) is 0 Å². The van der Waals surface area contributed by atoms with E-state index in [-0.39, 0.29) is 40.4 Å². The van der Waals surface area contributed by atoms with Crippen molar-refractivity contribution in [2.75, 3.05) is 26.7 Å². The lowest BCUT2D eigenvalue weighted by molar-refractivity contribution is -0.143. The number of hydrogen-bond donors (Lipinski definition) is 1. The Labute approximate surface area is 217 Å². The van der Waals surface area contributed by atoms with Crippen LogP contribution in [0.2, 0.25) is 0 Å². The van der Waals surface area contributed by atoms with Gasteiger partial charge in [-0.3, -0.25) is 14.4 Å². The summed E-state index contributed by atoms with van der Waals surface area (Å²) < 4.78 is 27.9. The van der Waals surface area contributed by atoms with Crippen molar-refractivity contribution in [2.24, 2.45) is 11.3 Å². The number of piperidine rings is 2. The summed E-state index contributed by atoms with van der Waals surface area (Å²) in [5, 5.41) is 2.76. The summed E-state index contributed by atoms with van der Waals surface area (Å²) in [4.78, 5) is 42.6. The Hall–Kier alpha value is -3.29. The number of carbonyl (C=O) groups excluding carboxylic acids is 3. The van der Waals surface area contributed by atoms with Crippen LogP contribution in [-0.2, 0) is 9.59 Å². The Morgan fingerprint density at radius 1 is 1.05 bits per heavy atom. The van der Waals surface area contributed by atoms with E-state index in [9.17, 15) is 23.2 Å². The SMILES string of the molecule is Cc1ccc(F)c(C(=O)N[C@@H](C(=O)N2CCC3(CC2)CC(=O)N(C)CC3c2ccc(F)cc2)C(C)C)c1. The third kappa shape index (κ3) is 5.53. The number of likely N-dealkylation sites (N-methyl/N-ethyl adjacent to an activating group) is 1. The molecule has 198 valence electrons. The van der Waals surface area contributed by atoms with Crippen molar-refractivity contribution in [3.63, 3.8) is 0 Å². The lowest BCUT2D eigenvalue weighted by Gasteiger charge is -2.51. The number of likely N-dealkylation sites (tertiary alicyclic amines) is 2. The number of carbonyl (C=O) groups is 3. The molecule has 6 nitrogen and oxygen atoms in total. The van der Waals surface area contributed by atoms with Crippen LogP contribution in [0.3, 0.4) is 0 Å². The van der Waals surface area contributed by atoms with E-state index in [1.807, 2.05) is 13.8 Å². The second-order valence-corrected chi connectivity index (χ2v) is 10.9. The molecule has 8 heteroatoms. The number of aryl methyl sites for hydroxylation is 1. The highest BCUT2D eigenvalue weighted by Gasteiger charge is 2.48. The van der Waals surface area contributed by atoms with Crippen LogP contribution in [0.4, 0.5) is 8.78 Å². The molecule has 2 aliphatic rings. The molecule has 0 aliphatic carbocycles. The van der Waals surface area contributed by atoms with Gasteiger partial charge in [-0.15, -0.1) is 0 Å². The summed E-state index contributed by atoms with van der Waals surface area (Å²) in [6.07, 6.45) is 1.64. The van der Waals surface area contributed by atoms with Gasteiger partial charge in [0.25, 0.3) is 5.91 Å². The molecule has 2 aliphatic heterocycles. The standard InChI is InChI=1S/C29H35F2N3O3/c1-18(2)26(32-27(36)22-15-19(3)5-10-24(22)31)28(37)34-13-11-29(12-14-34)16-25(35)33(4)17-23(29)20-6-8-21(30)9-7-20/h5-10,15,18,23,26H,11-14,16-17H2,1-4H3,(H,32,36)/t23?,26-/m1/s1. The third-order valence-corrected chi connectivity index (χ3v) is 8.05. The maximum Gasteiger partial charge on any atom is 0.254 e. The van der Waals surface area contributed by atoms with Crippen LogP contribution in [0.5, 0.6) is 0 Å². The normalized spacial score (nSPS) is 20.3. The van der Waals surface area contributed by atoms with Gasteiger partial charge in [0, 0.05) is 39.0 Å². The van der Waals surface area contributed by atoms with Crippen LogP contribution in [-0.4, -0.2) is 60.2 Å². The van der Waals surface area contributed by atoms with Gasteiger partial charge in [0.05, 0.1) is 5.56 Å². The van der Waals surface area contributed by atoms with Crippen molar-refractivity contribution < 1.29 is 23.2 Å². The topological polar surface area (TPSA) is 69.7 Å². The first-order valence-electron chi connectivity index (χ1n) is 12.9. The minimum atomic E-state index is -0.798. The summed E-state index contributed by atoms with van der Waals surface area (Å²) in [5.41, 5.74) is 1.35. The molecule has 1 N–H and O–H groups in total. The van der Waals surface area contributed by atoms with E-state index in [2.05, 4.69) is 5.32 Å². The highest BCUT2D eigenvalue weighted by Crippen LogP contribution is 2.50. The van der Waals surface area contributed by atoms with Gasteiger partial charge >= 0.3 is 0 Å². The van der Waals surface area contributed by atoms with E-state index < -0.39 is 17.8 Å². The average molecular weight is 512 g/mol. The van der Waals surface area contributed by atoms with Crippen LogP contribution in [0, 0.1) is 29.9 Å². The molecule has 1 unspecified atom stereocenters. The Bertz CT molecular complexity index is 1170. The van der Waals surface area contributed by atoms with Crippen LogP contribution >= 0.6 is 0 Å². The second-order valence-electron chi connectivity index (χ2n) is 10.9. The van der Waals surface area contributed by atoms with Crippen LogP contribution in [0.25, 0.3) is 0 Å². The van der Waals surface area contributed by atoms with Crippen molar-refractivity contribution in [3.8, 4) is 0 Å². The Morgan fingerprint density at radius 2 is 1.70 bits per heavy atom. The van der Waals surface area contributed by atoms with Crippen LogP contribution in [0.1, 0.15) is 60.5 Å². The first kappa shape index (κ1) is 26.8. The monoisotopic (exact) mass is 511 g/mol. The molecule has 2 aromatic rings. The van der Waals surface area contributed by atoms with Crippen molar-refractivity contribution >= 4 is 17.7 Å². The minimum Gasteiger partial charge on any atom is -0.345 e. The number of benzene rings is 2. The third-order valence-electron chi connectivity index (χ3n) is 8.05. The first-order valence-corrected chi connectivity index (χ1v) is 12.9. The van der Waals surface area contributed by atoms with Gasteiger partial charge in [-0.2, -0.15) is 0 Å². The number of nitrogens with one attached hydrogen (secondary N) is 1. The van der Waals surface area contributed by atoms with Crippen molar-refractivity contribution in [2.45, 2.75) is 52.0 Å². The average Bonchev–Trinajstić information content (AvgIpc) is 2.86. The summed E-state index contributed by atoms with van der Waals surface area (Å²) in [5.74, 6) is -1.83. The van der Waals surface area contributed by atoms with E-state index in [0.717, 1.165) is 11.1 Å². The highest BCUT2D eigenvalue weighted by atomic mass is 19.1. The van der Waals surface area contributed by atoms with Gasteiger partial charge in [0.15, 0.2) is 0 Å². The van der Waals surface area contributed by atoms with E-state index in [4.69, 9.17) is 0 Å². The van der Waals surface area contributed by atoms with E-state index >= 15 is 0 Å². The minimum absolute atomic E-state index is 0.0398. The molecular weight excluding hydrogens is 476 g/mol. The molecule has 2 aromatic carbocycles. The quantitative estimate of drug-likeness (QED) is 0.652. The molecular formula is C29H35F2N3O3. The van der Waals surface area contributed by atoms with Gasteiger partial charge in [0.1, 0.15) is 17.7 Å². The molecule has 4 rings (SSSR count).